The van der Waals surface area contributed by atoms with Gasteiger partial charge in [-0.15, -0.1) is 24.0 Å². The molecule has 0 fully saturated rings. The van der Waals surface area contributed by atoms with E-state index in [-0.39, 0.29) is 30.0 Å². The smallest absolute Gasteiger partial charge is 0.191 e. The lowest BCUT2D eigenvalue weighted by Gasteiger charge is -2.21. The average molecular weight is 403 g/mol. The van der Waals surface area contributed by atoms with E-state index in [0.717, 1.165) is 5.56 Å². The Morgan fingerprint density at radius 1 is 1.39 bits per heavy atom. The van der Waals surface area contributed by atoms with Crippen LogP contribution in [0, 0.1) is 0 Å². The van der Waals surface area contributed by atoms with Crippen molar-refractivity contribution in [3.8, 4) is 0 Å². The summed E-state index contributed by atoms with van der Waals surface area (Å²) in [6.07, 6.45) is 0. The van der Waals surface area contributed by atoms with Gasteiger partial charge in [-0.2, -0.15) is 0 Å². The van der Waals surface area contributed by atoms with Crippen molar-refractivity contribution in [2.75, 3.05) is 20.6 Å². The van der Waals surface area contributed by atoms with Gasteiger partial charge in [0.15, 0.2) is 5.96 Å². The third-order valence-corrected chi connectivity index (χ3v) is 3.01. The SMILES string of the molecule is CN=C(NC)NC(CN)c1c(Cl)cccc1Cl.I. The van der Waals surface area contributed by atoms with Crippen molar-refractivity contribution in [3.63, 3.8) is 0 Å². The van der Waals surface area contributed by atoms with Gasteiger partial charge in [0.1, 0.15) is 0 Å². The molecule has 0 saturated carbocycles. The van der Waals surface area contributed by atoms with E-state index in [0.29, 0.717) is 22.5 Å². The predicted octanol–water partition coefficient (Wildman–Crippen LogP) is 2.41. The summed E-state index contributed by atoms with van der Waals surface area (Å²) in [5, 5.41) is 7.25. The van der Waals surface area contributed by atoms with Crippen molar-refractivity contribution in [1.29, 1.82) is 0 Å². The molecule has 102 valence electrons. The Balaban J connectivity index is 0.00000289. The van der Waals surface area contributed by atoms with E-state index >= 15 is 0 Å². The molecule has 0 radical (unpaired) electrons. The standard InChI is InChI=1S/C11H16Cl2N4.HI/c1-15-11(16-2)17-9(6-14)10-7(12)4-3-5-8(10)13;/h3-5,9H,6,14H2,1-2H3,(H2,15,16,17);1H. The summed E-state index contributed by atoms with van der Waals surface area (Å²) < 4.78 is 0. The molecule has 18 heavy (non-hydrogen) atoms. The first kappa shape index (κ1) is 17.8. The van der Waals surface area contributed by atoms with Crippen molar-refractivity contribution < 1.29 is 0 Å². The fourth-order valence-electron chi connectivity index (χ4n) is 1.51. The number of hydrogen-bond donors (Lipinski definition) is 3. The first-order valence-electron chi connectivity index (χ1n) is 5.19. The fourth-order valence-corrected chi connectivity index (χ4v) is 2.17. The highest BCUT2D eigenvalue weighted by atomic mass is 127. The minimum atomic E-state index is -0.178. The fraction of sp³-hybridized carbons (Fsp3) is 0.364. The van der Waals surface area contributed by atoms with Gasteiger partial charge in [0, 0.05) is 36.2 Å². The van der Waals surface area contributed by atoms with Gasteiger partial charge >= 0.3 is 0 Å². The molecule has 0 aromatic heterocycles. The van der Waals surface area contributed by atoms with E-state index in [2.05, 4.69) is 15.6 Å². The summed E-state index contributed by atoms with van der Waals surface area (Å²) in [5.74, 6) is 0.636. The Hall–Kier alpha value is -0.240. The van der Waals surface area contributed by atoms with Crippen LogP contribution < -0.4 is 16.4 Å². The molecule has 0 aliphatic heterocycles. The van der Waals surface area contributed by atoms with Crippen molar-refractivity contribution in [2.24, 2.45) is 10.7 Å². The number of nitrogens with two attached hydrogens (primary N) is 1. The number of aliphatic imine (C=N–C) groups is 1. The van der Waals surface area contributed by atoms with Gasteiger partial charge in [-0.25, -0.2) is 0 Å². The van der Waals surface area contributed by atoms with Crippen molar-refractivity contribution >= 4 is 53.1 Å². The molecule has 0 aliphatic carbocycles. The van der Waals surface area contributed by atoms with E-state index in [1.165, 1.54) is 0 Å². The third kappa shape index (κ3) is 4.46. The second-order valence-electron chi connectivity index (χ2n) is 3.39. The van der Waals surface area contributed by atoms with Crippen LogP contribution in [0.15, 0.2) is 23.2 Å². The lowest BCUT2D eigenvalue weighted by atomic mass is 10.1. The van der Waals surface area contributed by atoms with Gasteiger partial charge in [-0.05, 0) is 12.1 Å². The molecule has 0 spiro atoms. The summed E-state index contributed by atoms with van der Waals surface area (Å²) in [6, 6.07) is 5.20. The number of rotatable bonds is 3. The van der Waals surface area contributed by atoms with E-state index < -0.39 is 0 Å². The molecule has 1 atom stereocenters. The molecule has 1 aromatic carbocycles. The van der Waals surface area contributed by atoms with Crippen LogP contribution in [0.1, 0.15) is 11.6 Å². The van der Waals surface area contributed by atoms with Gasteiger partial charge in [-0.3, -0.25) is 4.99 Å². The van der Waals surface area contributed by atoms with E-state index in [1.54, 1.807) is 32.3 Å². The Labute approximate surface area is 134 Å². The van der Waals surface area contributed by atoms with Gasteiger partial charge in [0.05, 0.1) is 6.04 Å². The van der Waals surface area contributed by atoms with Crippen LogP contribution in [0.3, 0.4) is 0 Å². The zero-order chi connectivity index (χ0) is 12.8. The number of benzene rings is 1. The molecular weight excluding hydrogens is 386 g/mol. The van der Waals surface area contributed by atoms with Crippen LogP contribution in [0.5, 0.6) is 0 Å². The zero-order valence-corrected chi connectivity index (χ0v) is 14.0. The number of nitrogens with zero attached hydrogens (tertiary/aromatic N) is 1. The minimum absolute atomic E-state index is 0. The maximum Gasteiger partial charge on any atom is 0.191 e. The monoisotopic (exact) mass is 402 g/mol. The maximum atomic E-state index is 6.13. The predicted molar refractivity (Wildman–Crippen MR) is 89.2 cm³/mol. The molecule has 0 amide bonds. The first-order valence-corrected chi connectivity index (χ1v) is 5.94. The molecule has 1 unspecified atom stereocenters. The lowest BCUT2D eigenvalue weighted by molar-refractivity contribution is 0.646. The molecular formula is C11H17Cl2IN4. The van der Waals surface area contributed by atoms with Gasteiger partial charge in [0.2, 0.25) is 0 Å². The molecule has 0 heterocycles. The Bertz CT molecular complexity index is 392. The number of halogens is 3. The van der Waals surface area contributed by atoms with Crippen LogP contribution in [-0.4, -0.2) is 26.6 Å². The maximum absolute atomic E-state index is 6.13. The zero-order valence-electron chi connectivity index (χ0n) is 10.2. The summed E-state index contributed by atoms with van der Waals surface area (Å²) >= 11 is 12.3. The van der Waals surface area contributed by atoms with E-state index in [1.807, 2.05) is 0 Å². The highest BCUT2D eigenvalue weighted by Crippen LogP contribution is 2.29. The summed E-state index contributed by atoms with van der Waals surface area (Å²) in [6.45, 7) is 0.365. The van der Waals surface area contributed by atoms with Gasteiger partial charge < -0.3 is 16.4 Å². The van der Waals surface area contributed by atoms with Gasteiger partial charge in [-0.1, -0.05) is 29.3 Å². The van der Waals surface area contributed by atoms with E-state index in [4.69, 9.17) is 28.9 Å². The Morgan fingerprint density at radius 3 is 2.33 bits per heavy atom. The van der Waals surface area contributed by atoms with Gasteiger partial charge in [0.25, 0.3) is 0 Å². The minimum Gasteiger partial charge on any atom is -0.359 e. The normalized spacial score (nSPS) is 12.6. The molecule has 1 aromatic rings. The summed E-state index contributed by atoms with van der Waals surface area (Å²) in [4.78, 5) is 4.03. The molecule has 0 bridgehead atoms. The second kappa shape index (κ2) is 8.79. The third-order valence-electron chi connectivity index (χ3n) is 2.36. The van der Waals surface area contributed by atoms with Crippen LogP contribution in [0.4, 0.5) is 0 Å². The van der Waals surface area contributed by atoms with Crippen molar-refractivity contribution in [3.05, 3.63) is 33.8 Å². The van der Waals surface area contributed by atoms with Crippen molar-refractivity contribution in [1.82, 2.24) is 10.6 Å². The number of hydrogen-bond acceptors (Lipinski definition) is 2. The molecule has 1 rings (SSSR count). The second-order valence-corrected chi connectivity index (χ2v) is 4.20. The summed E-state index contributed by atoms with van der Waals surface area (Å²) in [5.41, 5.74) is 6.52. The Kier molecular flexibility index (Phi) is 8.67. The topological polar surface area (TPSA) is 62.4 Å². The quantitative estimate of drug-likeness (QED) is 0.413. The molecule has 4 nitrogen and oxygen atoms in total. The number of guanidine groups is 1. The van der Waals surface area contributed by atoms with Crippen LogP contribution in [0.25, 0.3) is 0 Å². The van der Waals surface area contributed by atoms with Crippen LogP contribution >= 0.6 is 47.2 Å². The lowest BCUT2D eigenvalue weighted by Crippen LogP contribution is -2.40. The highest BCUT2D eigenvalue weighted by molar-refractivity contribution is 14.0. The van der Waals surface area contributed by atoms with Crippen LogP contribution in [0.2, 0.25) is 10.0 Å². The summed E-state index contributed by atoms with van der Waals surface area (Å²) in [7, 11) is 3.46. The van der Waals surface area contributed by atoms with E-state index in [9.17, 15) is 0 Å². The van der Waals surface area contributed by atoms with Crippen molar-refractivity contribution in [2.45, 2.75) is 6.04 Å². The highest BCUT2D eigenvalue weighted by Gasteiger charge is 2.17. The first-order chi connectivity index (χ1) is 8.13. The molecule has 0 saturated heterocycles. The molecule has 7 heteroatoms. The molecule has 0 aliphatic rings. The number of nitrogens with one attached hydrogen (secondary N) is 2. The molecule has 4 N–H and O–H groups in total. The van der Waals surface area contributed by atoms with Crippen LogP contribution in [-0.2, 0) is 0 Å². The average Bonchev–Trinajstić information content (AvgIpc) is 2.33. The largest absolute Gasteiger partial charge is 0.359 e. The Morgan fingerprint density at radius 2 is 1.94 bits per heavy atom.